The minimum atomic E-state index is -0.977. The number of fused-ring (bicyclic) bond motifs is 1. The quantitative estimate of drug-likeness (QED) is 0.454. The molecule has 0 N–H and O–H groups in total. The molecule has 1 unspecified atom stereocenters. The van der Waals surface area contributed by atoms with Crippen LogP contribution in [0.1, 0.15) is 35.7 Å². The zero-order valence-electron chi connectivity index (χ0n) is 18.5. The third-order valence-corrected chi connectivity index (χ3v) is 7.40. The first kappa shape index (κ1) is 23.3. The van der Waals surface area contributed by atoms with Gasteiger partial charge >= 0.3 is 5.97 Å². The largest absolute Gasteiger partial charge is 0.469 e. The zero-order chi connectivity index (χ0) is 23.6. The highest BCUT2D eigenvalue weighted by Crippen LogP contribution is 2.36. The Morgan fingerprint density at radius 1 is 1.18 bits per heavy atom. The molecule has 3 aromatic rings. The molecule has 0 spiro atoms. The first-order chi connectivity index (χ1) is 15.8. The molecule has 1 saturated heterocycles. The number of benzene rings is 2. The number of esters is 1. The van der Waals surface area contributed by atoms with E-state index < -0.39 is 11.5 Å². The molecule has 8 heteroatoms. The number of halogens is 1. The first-order valence-electron chi connectivity index (χ1n) is 10.7. The molecule has 1 atom stereocenters. The number of rotatable bonds is 7. The van der Waals surface area contributed by atoms with Crippen LogP contribution < -0.4 is 0 Å². The summed E-state index contributed by atoms with van der Waals surface area (Å²) in [5.74, 6) is -0.730. The number of ether oxygens (including phenoxy) is 1. The van der Waals surface area contributed by atoms with E-state index in [2.05, 4.69) is 0 Å². The number of likely N-dealkylation sites (tertiary alicyclic amines) is 1. The lowest BCUT2D eigenvalue weighted by molar-refractivity contribution is -0.151. The number of carbonyl (C=O) groups excluding carboxylic acids is 3. The molecule has 172 valence electrons. The molecule has 33 heavy (non-hydrogen) atoms. The summed E-state index contributed by atoms with van der Waals surface area (Å²) >= 11 is 7.65. The molecule has 6 nitrogen and oxygen atoms in total. The minimum absolute atomic E-state index is 0.0714. The Balaban J connectivity index is 1.58. The van der Waals surface area contributed by atoms with E-state index >= 15 is 0 Å². The number of methoxy groups -OCH3 is 1. The van der Waals surface area contributed by atoms with Crippen LogP contribution in [-0.4, -0.2) is 53.3 Å². The lowest BCUT2D eigenvalue weighted by Gasteiger charge is -2.51. The Hall–Kier alpha value is -2.90. The van der Waals surface area contributed by atoms with Gasteiger partial charge in [-0.15, -0.1) is 11.3 Å². The van der Waals surface area contributed by atoms with Crippen LogP contribution in [-0.2, 0) is 20.9 Å². The van der Waals surface area contributed by atoms with Crippen LogP contribution in [0.5, 0.6) is 0 Å². The molecule has 0 aliphatic carbocycles. The normalized spacial score (nSPS) is 17.5. The summed E-state index contributed by atoms with van der Waals surface area (Å²) in [6.07, 6.45) is 0.631. The van der Waals surface area contributed by atoms with Crippen LogP contribution in [0, 0.1) is 0 Å². The second-order valence-corrected chi connectivity index (χ2v) is 9.66. The van der Waals surface area contributed by atoms with E-state index in [1.54, 1.807) is 28.9 Å². The summed E-state index contributed by atoms with van der Waals surface area (Å²) in [5, 5.41) is 3.33. The van der Waals surface area contributed by atoms with Crippen molar-refractivity contribution in [3.63, 3.8) is 0 Å². The van der Waals surface area contributed by atoms with E-state index in [1.807, 2.05) is 41.8 Å². The number of thiophene rings is 1. The molecule has 4 rings (SSSR count). The molecule has 0 radical (unpaired) electrons. The molecule has 0 saturated carbocycles. The van der Waals surface area contributed by atoms with Crippen LogP contribution in [0.4, 0.5) is 0 Å². The lowest BCUT2D eigenvalue weighted by Crippen LogP contribution is -2.67. The number of amides is 2. The second-order valence-electron chi connectivity index (χ2n) is 8.31. The van der Waals surface area contributed by atoms with Crippen molar-refractivity contribution in [3.05, 3.63) is 70.1 Å². The van der Waals surface area contributed by atoms with E-state index in [0.29, 0.717) is 23.6 Å². The molecular formula is C25H25ClN2O4S. The summed E-state index contributed by atoms with van der Waals surface area (Å²) in [4.78, 5) is 42.2. The van der Waals surface area contributed by atoms with E-state index in [0.717, 1.165) is 15.6 Å². The van der Waals surface area contributed by atoms with Gasteiger partial charge < -0.3 is 14.5 Å². The Labute approximate surface area is 201 Å². The Bertz CT molecular complexity index is 1210. The second kappa shape index (κ2) is 9.53. The fourth-order valence-electron chi connectivity index (χ4n) is 4.17. The number of hydrogen-bond donors (Lipinski definition) is 0. The average molecular weight is 485 g/mol. The van der Waals surface area contributed by atoms with Crippen LogP contribution in [0.2, 0.25) is 5.02 Å². The van der Waals surface area contributed by atoms with Gasteiger partial charge in [-0.2, -0.15) is 0 Å². The standard InChI is InChI=1S/C25H25ClN2O4S/c1-25(11-13-28(25)23(30)20-16-33-21-9-4-3-8-19(20)21)24(31)27(12-10-22(29)32-2)15-17-6-5-7-18(26)14-17/h3-9,14,16H,10-13,15H2,1-2H3. The molecule has 2 aromatic carbocycles. The van der Waals surface area contributed by atoms with Crippen LogP contribution in [0.3, 0.4) is 0 Å². The van der Waals surface area contributed by atoms with Gasteiger partial charge in [-0.05, 0) is 37.1 Å². The van der Waals surface area contributed by atoms with Crippen molar-refractivity contribution in [2.45, 2.75) is 31.8 Å². The Kier molecular flexibility index (Phi) is 6.72. The van der Waals surface area contributed by atoms with Gasteiger partial charge in [0, 0.05) is 40.1 Å². The molecule has 1 aromatic heterocycles. The van der Waals surface area contributed by atoms with Crippen molar-refractivity contribution in [3.8, 4) is 0 Å². The predicted molar refractivity (Wildman–Crippen MR) is 129 cm³/mol. The summed E-state index contributed by atoms with van der Waals surface area (Å²) in [6.45, 7) is 2.79. The summed E-state index contributed by atoms with van der Waals surface area (Å²) < 4.78 is 5.80. The van der Waals surface area contributed by atoms with Crippen LogP contribution in [0.15, 0.2) is 53.9 Å². The lowest BCUT2D eigenvalue weighted by atomic mass is 9.84. The van der Waals surface area contributed by atoms with E-state index in [-0.39, 0.29) is 31.3 Å². The van der Waals surface area contributed by atoms with Crippen molar-refractivity contribution in [2.24, 2.45) is 0 Å². The number of carbonyl (C=O) groups is 3. The SMILES string of the molecule is COC(=O)CCN(Cc1cccc(Cl)c1)C(=O)C1(C)CCN1C(=O)c1csc2ccccc12. The molecule has 2 amide bonds. The maximum atomic E-state index is 13.7. The topological polar surface area (TPSA) is 66.9 Å². The molecule has 1 fully saturated rings. The number of nitrogens with zero attached hydrogens (tertiary/aromatic N) is 2. The maximum absolute atomic E-state index is 13.7. The zero-order valence-corrected chi connectivity index (χ0v) is 20.1. The van der Waals surface area contributed by atoms with Crippen molar-refractivity contribution in [1.29, 1.82) is 0 Å². The molecule has 0 bridgehead atoms. The third-order valence-electron chi connectivity index (χ3n) is 6.20. The highest BCUT2D eigenvalue weighted by Gasteiger charge is 2.51. The molecule has 1 aliphatic heterocycles. The van der Waals surface area contributed by atoms with Crippen molar-refractivity contribution < 1.29 is 19.1 Å². The monoisotopic (exact) mass is 484 g/mol. The summed E-state index contributed by atoms with van der Waals surface area (Å²) in [5.41, 5.74) is 0.491. The van der Waals surface area contributed by atoms with Gasteiger partial charge in [-0.3, -0.25) is 14.4 Å². The van der Waals surface area contributed by atoms with Crippen LogP contribution >= 0.6 is 22.9 Å². The summed E-state index contributed by atoms with van der Waals surface area (Å²) in [6, 6.07) is 15.0. The van der Waals surface area contributed by atoms with E-state index in [9.17, 15) is 14.4 Å². The van der Waals surface area contributed by atoms with Crippen molar-refractivity contribution in [1.82, 2.24) is 9.80 Å². The van der Waals surface area contributed by atoms with Gasteiger partial charge in [0.2, 0.25) is 5.91 Å². The fraction of sp³-hybridized carbons (Fsp3) is 0.320. The molecule has 2 heterocycles. The average Bonchev–Trinajstić information content (AvgIpc) is 3.24. The minimum Gasteiger partial charge on any atom is -0.469 e. The smallest absolute Gasteiger partial charge is 0.307 e. The molecule has 1 aliphatic rings. The third kappa shape index (κ3) is 4.61. The van der Waals surface area contributed by atoms with Gasteiger partial charge in [0.25, 0.3) is 5.91 Å². The van der Waals surface area contributed by atoms with Crippen LogP contribution in [0.25, 0.3) is 10.1 Å². The van der Waals surface area contributed by atoms with Gasteiger partial charge in [0.15, 0.2) is 0 Å². The van der Waals surface area contributed by atoms with Gasteiger partial charge in [0.05, 0.1) is 19.1 Å². The molecular weight excluding hydrogens is 460 g/mol. The van der Waals surface area contributed by atoms with Crippen molar-refractivity contribution in [2.75, 3.05) is 20.2 Å². The summed E-state index contributed by atoms with van der Waals surface area (Å²) in [7, 11) is 1.32. The van der Waals surface area contributed by atoms with Gasteiger partial charge in [-0.25, -0.2) is 0 Å². The van der Waals surface area contributed by atoms with Crippen molar-refractivity contribution >= 4 is 50.8 Å². The maximum Gasteiger partial charge on any atom is 0.307 e. The predicted octanol–water partition coefficient (Wildman–Crippen LogP) is 4.75. The van der Waals surface area contributed by atoms with Gasteiger partial charge in [-0.1, -0.05) is 41.9 Å². The van der Waals surface area contributed by atoms with E-state index in [4.69, 9.17) is 16.3 Å². The number of hydrogen-bond acceptors (Lipinski definition) is 5. The first-order valence-corrected chi connectivity index (χ1v) is 12.0. The highest BCUT2D eigenvalue weighted by molar-refractivity contribution is 7.17. The highest BCUT2D eigenvalue weighted by atomic mass is 35.5. The Morgan fingerprint density at radius 2 is 1.97 bits per heavy atom. The van der Waals surface area contributed by atoms with E-state index in [1.165, 1.54) is 18.4 Å². The Morgan fingerprint density at radius 3 is 2.67 bits per heavy atom. The fourth-order valence-corrected chi connectivity index (χ4v) is 5.32. The van der Waals surface area contributed by atoms with Gasteiger partial charge in [0.1, 0.15) is 5.54 Å².